The second kappa shape index (κ2) is 2.99. The van der Waals surface area contributed by atoms with Gasteiger partial charge in [-0.15, -0.1) is 0 Å². The van der Waals surface area contributed by atoms with Gasteiger partial charge >= 0.3 is 0 Å². The third-order valence-electron chi connectivity index (χ3n) is 1.73. The SMILES string of the molecule is COc1cc(F)c2c(Br)cnn2c1. The molecule has 0 spiro atoms. The molecule has 0 N–H and O–H groups in total. The molecule has 0 aliphatic carbocycles. The van der Waals surface area contributed by atoms with E-state index in [1.807, 2.05) is 0 Å². The smallest absolute Gasteiger partial charge is 0.153 e. The minimum absolute atomic E-state index is 0.358. The van der Waals surface area contributed by atoms with Gasteiger partial charge in [0.15, 0.2) is 5.82 Å². The summed E-state index contributed by atoms with van der Waals surface area (Å²) >= 11 is 3.20. The highest BCUT2D eigenvalue weighted by atomic mass is 79.9. The molecule has 2 aromatic rings. The Hall–Kier alpha value is -1.10. The molecule has 2 aromatic heterocycles. The fourth-order valence-electron chi connectivity index (χ4n) is 1.13. The predicted molar refractivity (Wildman–Crippen MR) is 49.4 cm³/mol. The number of methoxy groups -OCH3 is 1. The lowest BCUT2D eigenvalue weighted by molar-refractivity contribution is 0.408. The maximum absolute atomic E-state index is 13.4. The maximum atomic E-state index is 13.4. The average Bonchev–Trinajstić information content (AvgIpc) is 2.48. The van der Waals surface area contributed by atoms with E-state index < -0.39 is 0 Å². The van der Waals surface area contributed by atoms with Crippen LogP contribution in [0.3, 0.4) is 0 Å². The van der Waals surface area contributed by atoms with E-state index in [0.717, 1.165) is 0 Å². The molecule has 0 radical (unpaired) electrons. The van der Waals surface area contributed by atoms with E-state index >= 15 is 0 Å². The highest BCUT2D eigenvalue weighted by Gasteiger charge is 2.08. The van der Waals surface area contributed by atoms with Crippen LogP contribution in [0.5, 0.6) is 5.75 Å². The van der Waals surface area contributed by atoms with Crippen molar-refractivity contribution in [3.05, 3.63) is 28.7 Å². The van der Waals surface area contributed by atoms with Crippen LogP contribution >= 0.6 is 15.9 Å². The van der Waals surface area contributed by atoms with Crippen LogP contribution in [0.15, 0.2) is 22.9 Å². The molecule has 0 saturated heterocycles. The Labute approximate surface area is 82.2 Å². The molecule has 0 amide bonds. The van der Waals surface area contributed by atoms with Gasteiger partial charge in [-0.2, -0.15) is 5.10 Å². The molecule has 2 rings (SSSR count). The molecule has 5 heteroatoms. The number of halogens is 2. The van der Waals surface area contributed by atoms with E-state index in [-0.39, 0.29) is 5.82 Å². The molecule has 0 aliphatic heterocycles. The van der Waals surface area contributed by atoms with Gasteiger partial charge in [-0.1, -0.05) is 0 Å². The van der Waals surface area contributed by atoms with Crippen molar-refractivity contribution in [3.63, 3.8) is 0 Å². The van der Waals surface area contributed by atoms with Crippen LogP contribution in [0.2, 0.25) is 0 Å². The summed E-state index contributed by atoms with van der Waals surface area (Å²) in [6.07, 6.45) is 3.15. The molecule has 0 saturated carbocycles. The van der Waals surface area contributed by atoms with Gasteiger partial charge in [0.25, 0.3) is 0 Å². The molecule has 13 heavy (non-hydrogen) atoms. The molecule has 3 nitrogen and oxygen atoms in total. The summed E-state index contributed by atoms with van der Waals surface area (Å²) < 4.78 is 20.3. The minimum atomic E-state index is -0.358. The van der Waals surface area contributed by atoms with Crippen molar-refractivity contribution in [3.8, 4) is 5.75 Å². The first kappa shape index (κ1) is 8.50. The van der Waals surface area contributed by atoms with Gasteiger partial charge in [0.05, 0.1) is 24.0 Å². The fourth-order valence-corrected chi connectivity index (χ4v) is 1.59. The van der Waals surface area contributed by atoms with Gasteiger partial charge in [0.1, 0.15) is 11.3 Å². The lowest BCUT2D eigenvalue weighted by Gasteiger charge is -2.01. The fraction of sp³-hybridized carbons (Fsp3) is 0.125. The Kier molecular flexibility index (Phi) is 1.95. The standard InChI is InChI=1S/C8H6BrFN2O/c1-13-5-2-7(10)8-6(9)3-11-12(8)4-5/h2-4H,1H3. The molecule has 0 fully saturated rings. The lowest BCUT2D eigenvalue weighted by atomic mass is 10.4. The van der Waals surface area contributed by atoms with Crippen molar-refractivity contribution < 1.29 is 9.13 Å². The Bertz CT molecular complexity index is 455. The Morgan fingerprint density at radius 3 is 3.08 bits per heavy atom. The zero-order chi connectivity index (χ0) is 9.42. The number of nitrogens with zero attached hydrogens (tertiary/aromatic N) is 2. The summed E-state index contributed by atoms with van der Waals surface area (Å²) in [6, 6.07) is 1.32. The summed E-state index contributed by atoms with van der Waals surface area (Å²) in [5, 5.41) is 3.94. The minimum Gasteiger partial charge on any atom is -0.495 e. The second-order valence-electron chi connectivity index (χ2n) is 2.51. The van der Waals surface area contributed by atoms with Crippen molar-refractivity contribution >= 4 is 21.4 Å². The predicted octanol–water partition coefficient (Wildman–Crippen LogP) is 2.24. The first-order valence-electron chi connectivity index (χ1n) is 3.59. The van der Waals surface area contributed by atoms with Gasteiger partial charge in [-0.05, 0) is 15.9 Å². The van der Waals surface area contributed by atoms with E-state index in [2.05, 4.69) is 21.0 Å². The van der Waals surface area contributed by atoms with Crippen molar-refractivity contribution in [2.24, 2.45) is 0 Å². The summed E-state index contributed by atoms with van der Waals surface area (Å²) in [6.45, 7) is 0. The molecule has 0 unspecified atom stereocenters. The Morgan fingerprint density at radius 1 is 1.62 bits per heavy atom. The number of hydrogen-bond donors (Lipinski definition) is 0. The van der Waals surface area contributed by atoms with Crippen molar-refractivity contribution in [2.45, 2.75) is 0 Å². The Balaban J connectivity index is 2.79. The van der Waals surface area contributed by atoms with E-state index in [1.165, 1.54) is 23.9 Å². The molecular weight excluding hydrogens is 239 g/mol. The van der Waals surface area contributed by atoms with Crippen molar-refractivity contribution in [2.75, 3.05) is 7.11 Å². The van der Waals surface area contributed by atoms with Crippen LogP contribution < -0.4 is 4.74 Å². The summed E-state index contributed by atoms with van der Waals surface area (Å²) in [5.74, 6) is 0.0873. The first-order chi connectivity index (χ1) is 6.22. The highest BCUT2D eigenvalue weighted by molar-refractivity contribution is 9.10. The summed E-state index contributed by atoms with van der Waals surface area (Å²) in [5.41, 5.74) is 0.417. The monoisotopic (exact) mass is 244 g/mol. The highest BCUT2D eigenvalue weighted by Crippen LogP contribution is 2.23. The van der Waals surface area contributed by atoms with Gasteiger partial charge in [0, 0.05) is 6.07 Å². The van der Waals surface area contributed by atoms with E-state index in [0.29, 0.717) is 15.7 Å². The van der Waals surface area contributed by atoms with Crippen molar-refractivity contribution in [1.29, 1.82) is 0 Å². The van der Waals surface area contributed by atoms with Crippen LogP contribution in [0, 0.1) is 5.82 Å². The number of pyridine rings is 1. The zero-order valence-corrected chi connectivity index (χ0v) is 8.38. The lowest BCUT2D eigenvalue weighted by Crippen LogP contribution is -1.93. The van der Waals surface area contributed by atoms with Crippen LogP contribution in [0.4, 0.5) is 4.39 Å². The van der Waals surface area contributed by atoms with Crippen LogP contribution in [0.25, 0.3) is 5.52 Å². The normalized spacial score (nSPS) is 10.7. The third-order valence-corrected chi connectivity index (χ3v) is 2.31. The van der Waals surface area contributed by atoms with Crippen LogP contribution in [-0.4, -0.2) is 16.7 Å². The maximum Gasteiger partial charge on any atom is 0.153 e. The molecule has 2 heterocycles. The number of rotatable bonds is 1. The number of hydrogen-bond acceptors (Lipinski definition) is 2. The van der Waals surface area contributed by atoms with E-state index in [4.69, 9.17) is 4.74 Å². The topological polar surface area (TPSA) is 26.5 Å². The molecular formula is C8H6BrFN2O. The quantitative estimate of drug-likeness (QED) is 0.770. The molecule has 0 aliphatic rings. The van der Waals surface area contributed by atoms with Crippen LogP contribution in [0.1, 0.15) is 0 Å². The van der Waals surface area contributed by atoms with Crippen LogP contribution in [-0.2, 0) is 0 Å². The van der Waals surface area contributed by atoms with Gasteiger partial charge in [-0.3, -0.25) is 0 Å². The van der Waals surface area contributed by atoms with E-state index in [1.54, 1.807) is 6.20 Å². The molecule has 0 bridgehead atoms. The first-order valence-corrected chi connectivity index (χ1v) is 4.38. The summed E-state index contributed by atoms with van der Waals surface area (Å²) in [4.78, 5) is 0. The zero-order valence-electron chi connectivity index (χ0n) is 6.79. The Morgan fingerprint density at radius 2 is 2.38 bits per heavy atom. The molecule has 68 valence electrons. The van der Waals surface area contributed by atoms with E-state index in [9.17, 15) is 4.39 Å². The number of aromatic nitrogens is 2. The van der Waals surface area contributed by atoms with Gasteiger partial charge in [-0.25, -0.2) is 8.91 Å². The third kappa shape index (κ3) is 1.29. The molecule has 0 atom stereocenters. The van der Waals surface area contributed by atoms with Gasteiger partial charge in [0.2, 0.25) is 0 Å². The van der Waals surface area contributed by atoms with Gasteiger partial charge < -0.3 is 4.74 Å². The largest absolute Gasteiger partial charge is 0.495 e. The average molecular weight is 245 g/mol. The summed E-state index contributed by atoms with van der Waals surface area (Å²) in [7, 11) is 1.49. The van der Waals surface area contributed by atoms with Crippen molar-refractivity contribution in [1.82, 2.24) is 9.61 Å². The number of ether oxygens (including phenoxy) is 1. The number of fused-ring (bicyclic) bond motifs is 1. The second-order valence-corrected chi connectivity index (χ2v) is 3.37. The molecule has 0 aromatic carbocycles.